The van der Waals surface area contributed by atoms with E-state index in [1.165, 1.54) is 0 Å². The summed E-state index contributed by atoms with van der Waals surface area (Å²) < 4.78 is 0. The van der Waals surface area contributed by atoms with Gasteiger partial charge in [0.05, 0.1) is 11.4 Å². The lowest BCUT2D eigenvalue weighted by Gasteiger charge is -2.30. The van der Waals surface area contributed by atoms with E-state index in [1.807, 2.05) is 13.8 Å². The molecule has 0 bridgehead atoms. The Bertz CT molecular complexity index is 400. The molecule has 1 saturated heterocycles. The van der Waals surface area contributed by atoms with Gasteiger partial charge >= 0.3 is 0 Å². The highest BCUT2D eigenvalue weighted by atomic mass is 35.5. The monoisotopic (exact) mass is 254 g/mol. The third kappa shape index (κ3) is 3.07. The maximum atomic E-state index is 6.10. The minimum atomic E-state index is 0.458. The number of hydrogen-bond donors (Lipinski definition) is 1. The van der Waals surface area contributed by atoms with E-state index in [1.54, 1.807) is 0 Å². The van der Waals surface area contributed by atoms with Crippen molar-refractivity contribution in [1.29, 1.82) is 0 Å². The fourth-order valence-electron chi connectivity index (χ4n) is 2.01. The van der Waals surface area contributed by atoms with Crippen LogP contribution in [0.2, 0.25) is 5.15 Å². The quantitative estimate of drug-likeness (QED) is 0.879. The Balaban J connectivity index is 2.06. The molecule has 2 rings (SSSR count). The van der Waals surface area contributed by atoms with Gasteiger partial charge in [0.15, 0.2) is 11.0 Å². The summed E-state index contributed by atoms with van der Waals surface area (Å²) in [7, 11) is 2.15. The van der Waals surface area contributed by atoms with E-state index in [0.717, 1.165) is 43.1 Å². The lowest BCUT2D eigenvalue weighted by molar-refractivity contribution is 0.263. The molecule has 5 heteroatoms. The lowest BCUT2D eigenvalue weighted by Crippen LogP contribution is -2.37. The molecular formula is C12H19ClN4. The van der Waals surface area contributed by atoms with E-state index in [0.29, 0.717) is 11.2 Å². The van der Waals surface area contributed by atoms with Gasteiger partial charge in [-0.25, -0.2) is 9.97 Å². The number of aryl methyl sites for hydroxylation is 2. The molecule has 1 aliphatic rings. The molecule has 1 aromatic heterocycles. The molecule has 1 fully saturated rings. The van der Waals surface area contributed by atoms with Crippen molar-refractivity contribution in [3.05, 3.63) is 16.5 Å². The van der Waals surface area contributed by atoms with Gasteiger partial charge in [0.25, 0.3) is 0 Å². The molecule has 0 aromatic carbocycles. The van der Waals surface area contributed by atoms with Gasteiger partial charge in [-0.1, -0.05) is 11.6 Å². The summed E-state index contributed by atoms with van der Waals surface area (Å²) in [6, 6.07) is 0.458. The van der Waals surface area contributed by atoms with Crippen LogP contribution >= 0.6 is 11.6 Å². The molecule has 94 valence electrons. The first-order valence-corrected chi connectivity index (χ1v) is 6.40. The van der Waals surface area contributed by atoms with Gasteiger partial charge in [0.1, 0.15) is 0 Å². The Kier molecular flexibility index (Phi) is 3.84. The summed E-state index contributed by atoms with van der Waals surface area (Å²) >= 11 is 6.10. The molecule has 0 aliphatic carbocycles. The number of piperidine rings is 1. The topological polar surface area (TPSA) is 41.1 Å². The van der Waals surface area contributed by atoms with E-state index < -0.39 is 0 Å². The molecule has 0 saturated carbocycles. The van der Waals surface area contributed by atoms with Gasteiger partial charge < -0.3 is 10.2 Å². The summed E-state index contributed by atoms with van der Waals surface area (Å²) in [6.07, 6.45) is 2.25. The van der Waals surface area contributed by atoms with E-state index in [4.69, 9.17) is 11.6 Å². The van der Waals surface area contributed by atoms with Crippen molar-refractivity contribution in [3.8, 4) is 0 Å². The molecule has 1 aliphatic heterocycles. The maximum absolute atomic E-state index is 6.10. The Morgan fingerprint density at radius 2 is 1.76 bits per heavy atom. The van der Waals surface area contributed by atoms with Crippen molar-refractivity contribution in [1.82, 2.24) is 14.9 Å². The smallest absolute Gasteiger partial charge is 0.171 e. The SMILES string of the molecule is Cc1nc(Cl)c(NC2CCN(C)CC2)nc1C. The van der Waals surface area contributed by atoms with Crippen molar-refractivity contribution in [2.45, 2.75) is 32.7 Å². The van der Waals surface area contributed by atoms with Crippen LogP contribution in [0.15, 0.2) is 0 Å². The van der Waals surface area contributed by atoms with Gasteiger partial charge in [0.2, 0.25) is 0 Å². The van der Waals surface area contributed by atoms with E-state index in [9.17, 15) is 0 Å². The highest BCUT2D eigenvalue weighted by molar-refractivity contribution is 6.31. The fraction of sp³-hybridized carbons (Fsp3) is 0.667. The number of likely N-dealkylation sites (tertiary alicyclic amines) is 1. The second-order valence-corrected chi connectivity index (χ2v) is 5.11. The molecule has 17 heavy (non-hydrogen) atoms. The van der Waals surface area contributed by atoms with Gasteiger partial charge in [-0.2, -0.15) is 0 Å². The van der Waals surface area contributed by atoms with Crippen LogP contribution in [-0.2, 0) is 0 Å². The molecule has 0 amide bonds. The minimum Gasteiger partial charge on any atom is -0.365 e. The van der Waals surface area contributed by atoms with E-state index in [2.05, 4.69) is 27.2 Å². The largest absolute Gasteiger partial charge is 0.365 e. The lowest BCUT2D eigenvalue weighted by atomic mass is 10.1. The van der Waals surface area contributed by atoms with Crippen molar-refractivity contribution >= 4 is 17.4 Å². The van der Waals surface area contributed by atoms with Crippen LogP contribution in [0.3, 0.4) is 0 Å². The fourth-order valence-corrected chi connectivity index (χ4v) is 2.24. The number of aromatic nitrogens is 2. The second kappa shape index (κ2) is 5.19. The summed E-state index contributed by atoms with van der Waals surface area (Å²) in [4.78, 5) is 11.1. The number of halogens is 1. The van der Waals surface area contributed by atoms with Crippen molar-refractivity contribution in [2.75, 3.05) is 25.5 Å². The zero-order valence-electron chi connectivity index (χ0n) is 10.6. The maximum Gasteiger partial charge on any atom is 0.171 e. The van der Waals surface area contributed by atoms with Crippen LogP contribution in [0.4, 0.5) is 5.82 Å². The van der Waals surface area contributed by atoms with Crippen LogP contribution in [-0.4, -0.2) is 41.0 Å². The first-order valence-electron chi connectivity index (χ1n) is 6.02. The zero-order chi connectivity index (χ0) is 12.4. The van der Waals surface area contributed by atoms with Crippen molar-refractivity contribution in [2.24, 2.45) is 0 Å². The van der Waals surface area contributed by atoms with E-state index in [-0.39, 0.29) is 0 Å². The van der Waals surface area contributed by atoms with Crippen LogP contribution < -0.4 is 5.32 Å². The standard InChI is InChI=1S/C12H19ClN4/c1-8-9(2)15-12(11(13)14-8)16-10-4-6-17(3)7-5-10/h10H,4-7H2,1-3H3,(H,15,16). The summed E-state index contributed by atoms with van der Waals surface area (Å²) in [5.41, 5.74) is 1.83. The van der Waals surface area contributed by atoms with Gasteiger partial charge in [-0.15, -0.1) is 0 Å². The molecule has 0 spiro atoms. The summed E-state index contributed by atoms with van der Waals surface area (Å²) in [5, 5.41) is 3.88. The highest BCUT2D eigenvalue weighted by Crippen LogP contribution is 2.21. The van der Waals surface area contributed by atoms with Gasteiger partial charge in [-0.05, 0) is 46.8 Å². The van der Waals surface area contributed by atoms with Crippen LogP contribution in [0.5, 0.6) is 0 Å². The Morgan fingerprint density at radius 3 is 2.41 bits per heavy atom. The Morgan fingerprint density at radius 1 is 1.18 bits per heavy atom. The average molecular weight is 255 g/mol. The predicted molar refractivity (Wildman–Crippen MR) is 70.7 cm³/mol. The van der Waals surface area contributed by atoms with Gasteiger partial charge in [-0.3, -0.25) is 0 Å². The first kappa shape index (κ1) is 12.6. The number of hydrogen-bond acceptors (Lipinski definition) is 4. The number of rotatable bonds is 2. The van der Waals surface area contributed by atoms with E-state index >= 15 is 0 Å². The Labute approximate surface area is 107 Å². The third-order valence-electron chi connectivity index (χ3n) is 3.32. The number of nitrogens with zero attached hydrogens (tertiary/aromatic N) is 3. The third-order valence-corrected chi connectivity index (χ3v) is 3.59. The zero-order valence-corrected chi connectivity index (χ0v) is 11.4. The first-order chi connectivity index (χ1) is 8.06. The molecule has 2 heterocycles. The number of anilines is 1. The van der Waals surface area contributed by atoms with Crippen molar-refractivity contribution in [3.63, 3.8) is 0 Å². The Hall–Kier alpha value is -0.870. The molecule has 1 aromatic rings. The molecule has 0 unspecified atom stereocenters. The van der Waals surface area contributed by atoms with Crippen LogP contribution in [0.25, 0.3) is 0 Å². The molecule has 1 N–H and O–H groups in total. The van der Waals surface area contributed by atoms with Crippen LogP contribution in [0, 0.1) is 13.8 Å². The molecule has 0 radical (unpaired) electrons. The summed E-state index contributed by atoms with van der Waals surface area (Å²) in [6.45, 7) is 6.12. The molecule has 0 atom stereocenters. The van der Waals surface area contributed by atoms with Gasteiger partial charge in [0, 0.05) is 6.04 Å². The highest BCUT2D eigenvalue weighted by Gasteiger charge is 2.18. The predicted octanol–water partition coefficient (Wildman–Crippen LogP) is 2.25. The van der Waals surface area contributed by atoms with Crippen molar-refractivity contribution < 1.29 is 0 Å². The van der Waals surface area contributed by atoms with Crippen LogP contribution in [0.1, 0.15) is 24.2 Å². The molecule has 4 nitrogen and oxygen atoms in total. The molecular weight excluding hydrogens is 236 g/mol. The average Bonchev–Trinajstić information content (AvgIpc) is 2.29. The minimum absolute atomic E-state index is 0.458. The normalized spacial score (nSPS) is 18.4. The summed E-state index contributed by atoms with van der Waals surface area (Å²) in [5.74, 6) is 0.726. The second-order valence-electron chi connectivity index (χ2n) is 4.76. The number of nitrogens with one attached hydrogen (secondary N) is 1.